The Balaban J connectivity index is 1.07. The topological polar surface area (TPSA) is 85.9 Å². The van der Waals surface area contributed by atoms with Crippen LogP contribution in [0.15, 0.2) is 54.7 Å². The second-order valence-electron chi connectivity index (χ2n) is 9.46. The van der Waals surface area contributed by atoms with Gasteiger partial charge in [-0.3, -0.25) is 9.47 Å². The van der Waals surface area contributed by atoms with Crippen LogP contribution in [0.1, 0.15) is 12.5 Å². The zero-order valence-corrected chi connectivity index (χ0v) is 21.9. The van der Waals surface area contributed by atoms with Gasteiger partial charge < -0.3 is 24.5 Å². The van der Waals surface area contributed by atoms with E-state index in [0.717, 1.165) is 49.7 Å². The normalized spacial score (nSPS) is 19.7. The molecule has 0 saturated carbocycles. The summed E-state index contributed by atoms with van der Waals surface area (Å²) < 4.78 is 13.5. The van der Waals surface area contributed by atoms with E-state index in [2.05, 4.69) is 39.1 Å². The molecule has 0 radical (unpaired) electrons. The van der Waals surface area contributed by atoms with Gasteiger partial charge in [-0.05, 0) is 53.8 Å². The number of ether oxygens (including phenoxy) is 2. The monoisotopic (exact) mass is 543 g/mol. The fourth-order valence-electron chi connectivity index (χ4n) is 4.49. The summed E-state index contributed by atoms with van der Waals surface area (Å²) in [6.45, 7) is 7.38. The summed E-state index contributed by atoms with van der Waals surface area (Å²) in [6, 6.07) is 14.0. The molecule has 1 saturated heterocycles. The Labute approximate surface area is 225 Å². The van der Waals surface area contributed by atoms with Crippen LogP contribution >= 0.6 is 23.2 Å². The van der Waals surface area contributed by atoms with Crippen molar-refractivity contribution in [1.29, 1.82) is 0 Å². The van der Waals surface area contributed by atoms with Crippen LogP contribution in [-0.2, 0) is 6.54 Å². The van der Waals surface area contributed by atoms with Gasteiger partial charge in [0.15, 0.2) is 5.60 Å². The van der Waals surface area contributed by atoms with Gasteiger partial charge in [0, 0.05) is 43.4 Å². The second-order valence-corrected chi connectivity index (χ2v) is 10.3. The van der Waals surface area contributed by atoms with E-state index in [0.29, 0.717) is 23.2 Å². The largest absolute Gasteiger partial charge is 0.489 e. The number of halogens is 2. The highest BCUT2D eigenvalue weighted by Gasteiger charge is 2.41. The predicted molar refractivity (Wildman–Crippen MR) is 144 cm³/mol. The van der Waals surface area contributed by atoms with Crippen LogP contribution in [-0.4, -0.2) is 64.3 Å². The maximum atomic E-state index is 10.9. The molecule has 194 valence electrons. The van der Waals surface area contributed by atoms with E-state index in [-0.39, 0.29) is 11.8 Å². The van der Waals surface area contributed by atoms with E-state index in [9.17, 15) is 10.1 Å². The lowest BCUT2D eigenvalue weighted by Crippen LogP contribution is -2.46. The number of fused-ring (bicyclic) bond motifs is 1. The summed E-state index contributed by atoms with van der Waals surface area (Å²) in [5.41, 5.74) is 1.56. The maximum Gasteiger partial charge on any atom is 0.415 e. The van der Waals surface area contributed by atoms with Crippen molar-refractivity contribution in [3.63, 3.8) is 0 Å². The van der Waals surface area contributed by atoms with Crippen molar-refractivity contribution in [3.8, 4) is 11.8 Å². The van der Waals surface area contributed by atoms with Gasteiger partial charge in [0.25, 0.3) is 0 Å². The highest BCUT2D eigenvalue weighted by molar-refractivity contribution is 6.42. The van der Waals surface area contributed by atoms with Crippen LogP contribution in [0.2, 0.25) is 10.0 Å². The summed E-state index contributed by atoms with van der Waals surface area (Å²) >= 11 is 12.1. The van der Waals surface area contributed by atoms with Crippen molar-refractivity contribution >= 4 is 40.8 Å². The van der Waals surface area contributed by atoms with E-state index < -0.39 is 10.5 Å². The minimum atomic E-state index is -0.638. The van der Waals surface area contributed by atoms with Gasteiger partial charge in [-0.25, -0.2) is 0 Å². The number of benzene rings is 2. The average Bonchev–Trinajstić information content (AvgIpc) is 3.41. The molecule has 2 aromatic carbocycles. The lowest BCUT2D eigenvalue weighted by molar-refractivity contribution is -0.389. The molecule has 1 aromatic heterocycles. The molecule has 3 aromatic rings. The Hall–Kier alpha value is -3.27. The molecular weight excluding hydrogens is 517 g/mol. The fraction of sp³-hybridized carbons (Fsp3) is 0.346. The molecule has 5 rings (SSSR count). The molecule has 1 atom stereocenters. The second kappa shape index (κ2) is 10.6. The van der Waals surface area contributed by atoms with Gasteiger partial charge in [-0.2, -0.15) is 0 Å². The first-order valence-electron chi connectivity index (χ1n) is 12.0. The Bertz CT molecular complexity index is 1280. The van der Waals surface area contributed by atoms with Crippen molar-refractivity contribution in [3.05, 3.63) is 80.5 Å². The lowest BCUT2D eigenvalue weighted by Gasteiger charge is -2.35. The molecule has 0 amide bonds. The Morgan fingerprint density at radius 1 is 1.14 bits per heavy atom. The molecule has 3 heterocycles. The third kappa shape index (κ3) is 6.01. The number of rotatable bonds is 8. The number of imidazole rings is 1. The predicted octanol–water partition coefficient (Wildman–Crippen LogP) is 5.16. The highest BCUT2D eigenvalue weighted by atomic mass is 35.5. The van der Waals surface area contributed by atoms with Crippen LogP contribution in [0.25, 0.3) is 6.08 Å². The van der Waals surface area contributed by atoms with E-state index in [1.165, 1.54) is 6.20 Å². The van der Waals surface area contributed by atoms with Gasteiger partial charge in [0.2, 0.25) is 0 Å². The van der Waals surface area contributed by atoms with Crippen molar-refractivity contribution < 1.29 is 14.4 Å². The summed E-state index contributed by atoms with van der Waals surface area (Å²) in [5, 5.41) is 12.0. The molecule has 0 unspecified atom stereocenters. The molecular formula is C26H27Cl2N5O4. The van der Waals surface area contributed by atoms with E-state index in [1.54, 1.807) is 4.57 Å². The quantitative estimate of drug-likeness (QED) is 0.286. The number of hydrogen-bond donors (Lipinski definition) is 0. The fourth-order valence-corrected chi connectivity index (χ4v) is 4.79. The molecule has 1 fully saturated rings. The maximum absolute atomic E-state index is 10.9. The Kier molecular flexibility index (Phi) is 7.28. The minimum absolute atomic E-state index is 0.214. The highest BCUT2D eigenvalue weighted by Crippen LogP contribution is 2.32. The molecule has 37 heavy (non-hydrogen) atoms. The summed E-state index contributed by atoms with van der Waals surface area (Å²) in [7, 11) is 0. The number of nitro groups is 1. The van der Waals surface area contributed by atoms with Crippen LogP contribution in [0.5, 0.6) is 11.8 Å². The molecule has 2 aliphatic rings. The third-order valence-corrected chi connectivity index (χ3v) is 7.23. The molecule has 0 N–H and O–H groups in total. The zero-order valence-electron chi connectivity index (χ0n) is 20.3. The molecule has 9 nitrogen and oxygen atoms in total. The van der Waals surface area contributed by atoms with Crippen molar-refractivity contribution in [2.24, 2.45) is 0 Å². The summed E-state index contributed by atoms with van der Waals surface area (Å²) in [5.74, 6) is 0.532. The van der Waals surface area contributed by atoms with Crippen LogP contribution < -0.4 is 14.4 Å². The summed E-state index contributed by atoms with van der Waals surface area (Å²) in [4.78, 5) is 19.1. The average molecular weight is 544 g/mol. The minimum Gasteiger partial charge on any atom is -0.489 e. The van der Waals surface area contributed by atoms with Gasteiger partial charge in [-0.1, -0.05) is 41.4 Å². The van der Waals surface area contributed by atoms with Crippen LogP contribution in [0.4, 0.5) is 11.5 Å². The SMILES string of the molecule is C[C@]1(COc2ccc(N3CCN(CC=Cc4ccc(Cl)c(Cl)c4)CC3)cc2)Cn2cc([N+](=O)[O-])nc2O1. The van der Waals surface area contributed by atoms with Gasteiger partial charge in [-0.15, -0.1) is 0 Å². The molecule has 0 aliphatic carbocycles. The number of anilines is 1. The number of hydrogen-bond acceptors (Lipinski definition) is 7. The van der Waals surface area contributed by atoms with Crippen molar-refractivity contribution in [2.75, 3.05) is 44.2 Å². The first kappa shape index (κ1) is 25.4. The van der Waals surface area contributed by atoms with Crippen molar-refractivity contribution in [2.45, 2.75) is 19.1 Å². The smallest absolute Gasteiger partial charge is 0.415 e. The van der Waals surface area contributed by atoms with E-state index in [4.69, 9.17) is 32.7 Å². The van der Waals surface area contributed by atoms with Gasteiger partial charge in [0.1, 0.15) is 18.6 Å². The number of nitrogens with zero attached hydrogens (tertiary/aromatic N) is 5. The van der Waals surface area contributed by atoms with Crippen molar-refractivity contribution in [1.82, 2.24) is 14.5 Å². The Morgan fingerprint density at radius 2 is 1.89 bits per heavy atom. The summed E-state index contributed by atoms with van der Waals surface area (Å²) in [6.07, 6.45) is 5.62. The van der Waals surface area contributed by atoms with E-state index >= 15 is 0 Å². The van der Waals surface area contributed by atoms with Gasteiger partial charge >= 0.3 is 11.8 Å². The first-order chi connectivity index (χ1) is 17.8. The molecule has 2 aliphatic heterocycles. The first-order valence-corrected chi connectivity index (χ1v) is 12.8. The van der Waals surface area contributed by atoms with E-state index in [1.807, 2.05) is 37.3 Å². The van der Waals surface area contributed by atoms with Crippen LogP contribution in [0.3, 0.4) is 0 Å². The molecule has 0 bridgehead atoms. The standard InChI is InChI=1S/C26H27Cl2N5O4/c1-26(17-32-16-24(33(34)35)29-25(32)37-26)18-36-21-7-5-20(6-8-21)31-13-11-30(12-14-31)10-2-3-19-4-9-22(27)23(28)15-19/h2-9,15-16H,10-14,17-18H2,1H3/t26-/m1/s1. The lowest BCUT2D eigenvalue weighted by atomic mass is 10.1. The molecule has 0 spiro atoms. The number of aromatic nitrogens is 2. The Morgan fingerprint density at radius 3 is 2.57 bits per heavy atom. The number of piperazine rings is 1. The zero-order chi connectivity index (χ0) is 26.0. The van der Waals surface area contributed by atoms with Gasteiger partial charge in [0.05, 0.1) is 16.6 Å². The van der Waals surface area contributed by atoms with Crippen LogP contribution in [0, 0.1) is 10.1 Å². The molecule has 11 heteroatoms. The third-order valence-electron chi connectivity index (χ3n) is 6.49.